The number of anilines is 3. The van der Waals surface area contributed by atoms with Crippen LogP contribution in [-0.4, -0.2) is 4.40 Å². The molecule has 63 heavy (non-hydrogen) atoms. The molecule has 0 radical (unpaired) electrons. The number of para-hydroxylation sites is 2. The zero-order valence-electron chi connectivity index (χ0n) is 34.1. The molecule has 11 aromatic carbocycles. The molecule has 2 nitrogen and oxygen atoms in total. The average molecular weight is 817 g/mol. The molecule has 14 aromatic rings. The lowest BCUT2D eigenvalue weighted by Gasteiger charge is -2.27. The van der Waals surface area contributed by atoms with Gasteiger partial charge in [0.1, 0.15) is 0 Å². The molecule has 3 heterocycles. The Bertz CT molecular complexity index is 4100. The second kappa shape index (κ2) is 13.3. The zero-order valence-corrected chi connectivity index (χ0v) is 34.9. The Labute approximate surface area is 367 Å². The first kappa shape index (κ1) is 34.7. The molecular formula is C60H36N2S. The number of hydrogen-bond acceptors (Lipinski definition) is 2. The predicted molar refractivity (Wildman–Crippen MR) is 272 cm³/mol. The summed E-state index contributed by atoms with van der Waals surface area (Å²) >= 11 is 1.88. The molecule has 0 spiro atoms. The lowest BCUT2D eigenvalue weighted by Crippen LogP contribution is -2.10. The second-order valence-corrected chi connectivity index (χ2v) is 17.8. The molecular weight excluding hydrogens is 781 g/mol. The SMILES string of the molecule is c1ccc2c(c1)sc1c(-c3ccc(N(c4ccc(-c5ccc6c7ccccc7n7c8ccccc8c5c67)cc4)c4ccc5c6ccccc6c6ccccc6c5c4)cc3)cccc12. The van der Waals surface area contributed by atoms with Crippen LogP contribution in [0.15, 0.2) is 218 Å². The van der Waals surface area contributed by atoms with E-state index >= 15 is 0 Å². The van der Waals surface area contributed by atoms with Crippen LogP contribution in [0.25, 0.3) is 113 Å². The van der Waals surface area contributed by atoms with Gasteiger partial charge in [-0.15, -0.1) is 11.3 Å². The Balaban J connectivity index is 0.949. The Morgan fingerprint density at radius 1 is 0.317 bits per heavy atom. The van der Waals surface area contributed by atoms with E-state index in [1.54, 1.807) is 0 Å². The van der Waals surface area contributed by atoms with E-state index < -0.39 is 0 Å². The number of benzene rings is 11. The van der Waals surface area contributed by atoms with Crippen molar-refractivity contribution in [3.8, 4) is 22.3 Å². The standard InChI is InChI=1S/C60H36N2S/c1-2-14-46-44(12-1)45-13-3-4-15-47(45)54-36-41(32-33-48(46)54)61(40-30-26-38(27-31-40)43-19-11-20-52-50-17-7-10-23-57(50)63-60(43)52)39-28-24-37(25-29-39)42-34-35-51-49-16-5-8-21-55(49)62-56-22-9-6-18-53(56)58(42)59(51)62/h1-36H. The Morgan fingerprint density at radius 2 is 0.810 bits per heavy atom. The Morgan fingerprint density at radius 3 is 1.49 bits per heavy atom. The first-order valence-electron chi connectivity index (χ1n) is 21.7. The highest BCUT2D eigenvalue weighted by atomic mass is 32.1. The maximum atomic E-state index is 2.46. The highest BCUT2D eigenvalue weighted by Crippen LogP contribution is 2.46. The van der Waals surface area contributed by atoms with Gasteiger partial charge in [0.05, 0.1) is 16.6 Å². The first-order valence-corrected chi connectivity index (χ1v) is 22.5. The van der Waals surface area contributed by atoms with Crippen LogP contribution in [0, 0.1) is 0 Å². The van der Waals surface area contributed by atoms with Gasteiger partial charge in [0.25, 0.3) is 0 Å². The molecule has 0 N–H and O–H groups in total. The van der Waals surface area contributed by atoms with E-state index in [0.29, 0.717) is 0 Å². The molecule has 0 aliphatic heterocycles. The molecule has 0 saturated carbocycles. The number of aromatic nitrogens is 1. The van der Waals surface area contributed by atoms with Crippen molar-refractivity contribution in [2.75, 3.05) is 4.90 Å². The molecule has 3 aromatic heterocycles. The fourth-order valence-corrected chi connectivity index (χ4v) is 12.0. The molecule has 0 bridgehead atoms. The first-order chi connectivity index (χ1) is 31.3. The van der Waals surface area contributed by atoms with Gasteiger partial charge in [-0.1, -0.05) is 164 Å². The van der Waals surface area contributed by atoms with Crippen LogP contribution >= 0.6 is 11.3 Å². The third-order valence-corrected chi connectivity index (χ3v) is 14.7. The number of hydrogen-bond donors (Lipinski definition) is 0. The summed E-state index contributed by atoms with van der Waals surface area (Å²) in [5, 5.41) is 15.4. The average Bonchev–Trinajstić information content (AvgIpc) is 4.02. The van der Waals surface area contributed by atoms with Crippen LogP contribution in [0.3, 0.4) is 0 Å². The monoisotopic (exact) mass is 816 g/mol. The van der Waals surface area contributed by atoms with E-state index in [4.69, 9.17) is 0 Å². The van der Waals surface area contributed by atoms with Gasteiger partial charge in [-0.25, -0.2) is 0 Å². The van der Waals surface area contributed by atoms with Gasteiger partial charge in [-0.2, -0.15) is 0 Å². The molecule has 0 aliphatic carbocycles. The van der Waals surface area contributed by atoms with Gasteiger partial charge in [0, 0.05) is 58.8 Å². The minimum absolute atomic E-state index is 1.11. The van der Waals surface area contributed by atoms with Crippen molar-refractivity contribution in [1.29, 1.82) is 0 Å². The van der Waals surface area contributed by atoms with Crippen molar-refractivity contribution in [2.45, 2.75) is 0 Å². The van der Waals surface area contributed by atoms with Crippen molar-refractivity contribution in [2.24, 2.45) is 0 Å². The molecule has 3 heteroatoms. The molecule has 0 saturated heterocycles. The number of fused-ring (bicyclic) bond motifs is 15. The molecule has 14 rings (SSSR count). The summed E-state index contributed by atoms with van der Waals surface area (Å²) in [6.07, 6.45) is 0. The zero-order chi connectivity index (χ0) is 41.2. The number of rotatable bonds is 5. The highest BCUT2D eigenvalue weighted by molar-refractivity contribution is 7.26. The minimum Gasteiger partial charge on any atom is -0.310 e. The van der Waals surface area contributed by atoms with Crippen molar-refractivity contribution >= 4 is 119 Å². The molecule has 0 atom stereocenters. The second-order valence-electron chi connectivity index (χ2n) is 16.8. The van der Waals surface area contributed by atoms with Gasteiger partial charge in [-0.05, 0) is 109 Å². The van der Waals surface area contributed by atoms with Crippen molar-refractivity contribution < 1.29 is 0 Å². The van der Waals surface area contributed by atoms with Crippen LogP contribution in [-0.2, 0) is 0 Å². The fraction of sp³-hybridized carbons (Fsp3) is 0. The number of nitrogens with zero attached hydrogens (tertiary/aromatic N) is 2. The van der Waals surface area contributed by atoms with Crippen LogP contribution in [0.4, 0.5) is 17.1 Å². The van der Waals surface area contributed by atoms with Crippen molar-refractivity contribution in [3.05, 3.63) is 218 Å². The number of thiophene rings is 1. The van der Waals surface area contributed by atoms with Crippen LogP contribution in [0.5, 0.6) is 0 Å². The summed E-state index contributed by atoms with van der Waals surface area (Å²) in [4.78, 5) is 2.42. The summed E-state index contributed by atoms with van der Waals surface area (Å²) < 4.78 is 5.12. The van der Waals surface area contributed by atoms with E-state index in [2.05, 4.69) is 228 Å². The van der Waals surface area contributed by atoms with Crippen molar-refractivity contribution in [3.63, 3.8) is 0 Å². The maximum Gasteiger partial charge on any atom is 0.0626 e. The summed E-state index contributed by atoms with van der Waals surface area (Å²) in [5.41, 5.74) is 12.1. The maximum absolute atomic E-state index is 2.46. The smallest absolute Gasteiger partial charge is 0.0626 e. The Hall–Kier alpha value is -7.98. The molecule has 0 amide bonds. The summed E-state index contributed by atoms with van der Waals surface area (Å²) in [6.45, 7) is 0. The largest absolute Gasteiger partial charge is 0.310 e. The van der Waals surface area contributed by atoms with Gasteiger partial charge in [0.2, 0.25) is 0 Å². The Kier molecular flexibility index (Phi) is 7.30. The fourth-order valence-electron chi connectivity index (χ4n) is 10.7. The van der Waals surface area contributed by atoms with Gasteiger partial charge < -0.3 is 9.30 Å². The van der Waals surface area contributed by atoms with Gasteiger partial charge in [-0.3, -0.25) is 0 Å². The predicted octanol–water partition coefficient (Wildman–Crippen LogP) is 17.5. The van der Waals surface area contributed by atoms with E-state index in [0.717, 1.165) is 17.1 Å². The summed E-state index contributed by atoms with van der Waals surface area (Å²) in [5.74, 6) is 0. The molecule has 0 aliphatic rings. The van der Waals surface area contributed by atoms with Crippen molar-refractivity contribution in [1.82, 2.24) is 4.40 Å². The van der Waals surface area contributed by atoms with E-state index in [1.165, 1.54) is 113 Å². The van der Waals surface area contributed by atoms with Gasteiger partial charge >= 0.3 is 0 Å². The molecule has 292 valence electrons. The van der Waals surface area contributed by atoms with Crippen LogP contribution in [0.1, 0.15) is 0 Å². The third-order valence-electron chi connectivity index (χ3n) is 13.5. The third kappa shape index (κ3) is 5.00. The normalized spacial score (nSPS) is 12.1. The van der Waals surface area contributed by atoms with Crippen LogP contribution in [0.2, 0.25) is 0 Å². The summed E-state index contributed by atoms with van der Waals surface area (Å²) in [7, 11) is 0. The lowest BCUT2D eigenvalue weighted by molar-refractivity contribution is 1.29. The minimum atomic E-state index is 1.11. The lowest BCUT2D eigenvalue weighted by atomic mass is 9.94. The van der Waals surface area contributed by atoms with Crippen LogP contribution < -0.4 is 4.90 Å². The quantitative estimate of drug-likeness (QED) is 0.157. The molecule has 0 fully saturated rings. The van der Waals surface area contributed by atoms with E-state index in [9.17, 15) is 0 Å². The summed E-state index contributed by atoms with van der Waals surface area (Å²) in [6, 6.07) is 80.9. The topological polar surface area (TPSA) is 7.65 Å². The highest BCUT2D eigenvalue weighted by Gasteiger charge is 2.21. The van der Waals surface area contributed by atoms with Gasteiger partial charge in [0.15, 0.2) is 0 Å². The van der Waals surface area contributed by atoms with E-state index in [1.807, 2.05) is 11.3 Å². The molecule has 0 unspecified atom stereocenters. The van der Waals surface area contributed by atoms with E-state index in [-0.39, 0.29) is 0 Å².